The van der Waals surface area contributed by atoms with Crippen LogP contribution in [0.2, 0.25) is 0 Å². The first-order valence-corrected chi connectivity index (χ1v) is 4.22. The lowest BCUT2D eigenvalue weighted by Gasteiger charge is -2.07. The summed E-state index contributed by atoms with van der Waals surface area (Å²) in [7, 11) is 0. The van der Waals surface area contributed by atoms with Crippen LogP contribution >= 0.6 is 0 Å². The Morgan fingerprint density at radius 3 is 2.79 bits per heavy atom. The van der Waals surface area contributed by atoms with Gasteiger partial charge in [-0.25, -0.2) is 0 Å². The third kappa shape index (κ3) is 2.47. The first kappa shape index (κ1) is 10.5. The molecule has 0 aromatic heterocycles. The molecule has 0 aliphatic heterocycles. The molecule has 14 heavy (non-hydrogen) atoms. The van der Waals surface area contributed by atoms with E-state index in [1.165, 1.54) is 25.1 Å². The van der Waals surface area contributed by atoms with Crippen LogP contribution in [0.25, 0.3) is 0 Å². The Hall–Kier alpha value is -1.55. The van der Waals surface area contributed by atoms with Crippen molar-refractivity contribution in [3.63, 3.8) is 0 Å². The lowest BCUT2D eigenvalue weighted by molar-refractivity contribution is 0.101. The van der Waals surface area contributed by atoms with Crippen LogP contribution in [0, 0.1) is 0 Å². The molecule has 0 unspecified atom stereocenters. The SMILES string of the molecule is CC(=O)c1ccc(O)c(OCCO)c1. The van der Waals surface area contributed by atoms with Crippen molar-refractivity contribution < 1.29 is 19.7 Å². The maximum absolute atomic E-state index is 11.0. The molecule has 4 heteroatoms. The minimum absolute atomic E-state index is 0.0385. The molecule has 0 saturated carbocycles. The van der Waals surface area contributed by atoms with Crippen LogP contribution in [0.1, 0.15) is 17.3 Å². The van der Waals surface area contributed by atoms with E-state index in [-0.39, 0.29) is 30.5 Å². The molecular formula is C10H12O4. The number of hydrogen-bond donors (Lipinski definition) is 2. The molecule has 0 heterocycles. The predicted molar refractivity (Wildman–Crippen MR) is 50.7 cm³/mol. The number of hydrogen-bond acceptors (Lipinski definition) is 4. The first-order valence-electron chi connectivity index (χ1n) is 4.22. The van der Waals surface area contributed by atoms with Gasteiger partial charge in [-0.1, -0.05) is 0 Å². The van der Waals surface area contributed by atoms with E-state index in [2.05, 4.69) is 0 Å². The Labute approximate surface area is 81.8 Å². The minimum atomic E-state index is -0.135. The summed E-state index contributed by atoms with van der Waals surface area (Å²) in [6, 6.07) is 4.36. The van der Waals surface area contributed by atoms with Crippen LogP contribution in [0.3, 0.4) is 0 Å². The van der Waals surface area contributed by atoms with E-state index >= 15 is 0 Å². The smallest absolute Gasteiger partial charge is 0.161 e. The van der Waals surface area contributed by atoms with Gasteiger partial charge in [0.2, 0.25) is 0 Å². The molecule has 0 bridgehead atoms. The highest BCUT2D eigenvalue weighted by molar-refractivity contribution is 5.94. The molecule has 0 saturated heterocycles. The van der Waals surface area contributed by atoms with Gasteiger partial charge in [-0.2, -0.15) is 0 Å². The molecule has 0 fully saturated rings. The third-order valence-corrected chi connectivity index (χ3v) is 1.72. The first-order chi connectivity index (χ1) is 6.65. The molecular weight excluding hydrogens is 184 g/mol. The van der Waals surface area contributed by atoms with Crippen molar-refractivity contribution in [3.8, 4) is 11.5 Å². The molecule has 2 N–H and O–H groups in total. The lowest BCUT2D eigenvalue weighted by atomic mass is 10.1. The zero-order valence-corrected chi connectivity index (χ0v) is 7.86. The van der Waals surface area contributed by atoms with E-state index in [0.717, 1.165) is 0 Å². The zero-order valence-electron chi connectivity index (χ0n) is 7.86. The quantitative estimate of drug-likeness (QED) is 0.704. The standard InChI is InChI=1S/C10H12O4/c1-7(12)8-2-3-9(13)10(6-8)14-5-4-11/h2-3,6,11,13H,4-5H2,1H3. The van der Waals surface area contributed by atoms with Crippen LogP contribution in [0.5, 0.6) is 11.5 Å². The fourth-order valence-electron chi connectivity index (χ4n) is 1.00. The molecule has 1 rings (SSSR count). The second-order valence-corrected chi connectivity index (χ2v) is 2.81. The number of rotatable bonds is 4. The summed E-state index contributed by atoms with van der Waals surface area (Å²) in [6.45, 7) is 1.39. The van der Waals surface area contributed by atoms with Crippen LogP contribution in [0.15, 0.2) is 18.2 Å². The van der Waals surface area contributed by atoms with Gasteiger partial charge in [-0.15, -0.1) is 0 Å². The van der Waals surface area contributed by atoms with E-state index < -0.39 is 0 Å². The summed E-state index contributed by atoms with van der Waals surface area (Å²) in [4.78, 5) is 11.0. The van der Waals surface area contributed by atoms with Crippen LogP contribution < -0.4 is 4.74 Å². The monoisotopic (exact) mass is 196 g/mol. The molecule has 0 atom stereocenters. The van der Waals surface area contributed by atoms with Crippen LogP contribution in [-0.2, 0) is 0 Å². The molecule has 0 aliphatic rings. The van der Waals surface area contributed by atoms with Crippen molar-refractivity contribution in [3.05, 3.63) is 23.8 Å². The molecule has 0 aliphatic carbocycles. The summed E-state index contributed by atoms with van der Waals surface area (Å²) in [5.41, 5.74) is 0.468. The van der Waals surface area contributed by atoms with Gasteiger partial charge in [0.1, 0.15) is 6.61 Å². The second kappa shape index (κ2) is 4.62. The minimum Gasteiger partial charge on any atom is -0.504 e. The van der Waals surface area contributed by atoms with Crippen LogP contribution in [0.4, 0.5) is 0 Å². The van der Waals surface area contributed by atoms with Gasteiger partial charge < -0.3 is 14.9 Å². The van der Waals surface area contributed by atoms with Crippen molar-refractivity contribution in [2.75, 3.05) is 13.2 Å². The van der Waals surface area contributed by atoms with E-state index in [1.807, 2.05) is 0 Å². The zero-order chi connectivity index (χ0) is 10.6. The molecule has 76 valence electrons. The Morgan fingerprint density at radius 1 is 1.50 bits per heavy atom. The van der Waals surface area contributed by atoms with Crippen molar-refractivity contribution in [2.24, 2.45) is 0 Å². The van der Waals surface area contributed by atoms with Gasteiger partial charge in [-0.05, 0) is 25.1 Å². The number of phenols is 1. The second-order valence-electron chi connectivity index (χ2n) is 2.81. The summed E-state index contributed by atoms with van der Waals surface area (Å²) in [5.74, 6) is 0.0778. The molecule has 1 aromatic rings. The number of ether oxygens (including phenoxy) is 1. The van der Waals surface area contributed by atoms with Gasteiger partial charge in [0.25, 0.3) is 0 Å². The predicted octanol–water partition coefficient (Wildman–Crippen LogP) is 0.966. The van der Waals surface area contributed by atoms with Gasteiger partial charge in [0.15, 0.2) is 17.3 Å². The lowest BCUT2D eigenvalue weighted by Crippen LogP contribution is -2.02. The maximum atomic E-state index is 11.0. The van der Waals surface area contributed by atoms with Gasteiger partial charge >= 0.3 is 0 Å². The maximum Gasteiger partial charge on any atom is 0.161 e. The number of carbonyl (C=O) groups excluding carboxylic acids is 1. The topological polar surface area (TPSA) is 66.8 Å². The molecule has 1 aromatic carbocycles. The normalized spacial score (nSPS) is 9.86. The number of aliphatic hydroxyl groups is 1. The van der Waals surface area contributed by atoms with E-state index in [1.54, 1.807) is 0 Å². The van der Waals surface area contributed by atoms with E-state index in [9.17, 15) is 9.90 Å². The fraction of sp³-hybridized carbons (Fsp3) is 0.300. The van der Waals surface area contributed by atoms with E-state index in [0.29, 0.717) is 5.56 Å². The Bertz CT molecular complexity index is 333. The number of aliphatic hydroxyl groups excluding tert-OH is 1. The summed E-state index contributed by atoms with van der Waals surface area (Å²) < 4.78 is 5.02. The van der Waals surface area contributed by atoms with Crippen molar-refractivity contribution >= 4 is 5.78 Å². The van der Waals surface area contributed by atoms with Gasteiger partial charge in [0.05, 0.1) is 6.61 Å². The molecule has 4 nitrogen and oxygen atoms in total. The highest BCUT2D eigenvalue weighted by atomic mass is 16.5. The molecule has 0 amide bonds. The fourth-order valence-corrected chi connectivity index (χ4v) is 1.00. The number of carbonyl (C=O) groups is 1. The summed E-state index contributed by atoms with van der Waals surface area (Å²) >= 11 is 0. The van der Waals surface area contributed by atoms with E-state index in [4.69, 9.17) is 9.84 Å². The summed E-state index contributed by atoms with van der Waals surface area (Å²) in [6.07, 6.45) is 0. The number of ketones is 1. The van der Waals surface area contributed by atoms with Crippen LogP contribution in [-0.4, -0.2) is 29.2 Å². The van der Waals surface area contributed by atoms with Crippen molar-refractivity contribution in [1.82, 2.24) is 0 Å². The summed E-state index contributed by atoms with van der Waals surface area (Å²) in [5, 5.41) is 17.8. The average molecular weight is 196 g/mol. The Morgan fingerprint density at radius 2 is 2.21 bits per heavy atom. The number of Topliss-reactive ketones (excluding diaryl/α,β-unsaturated/α-hetero) is 1. The average Bonchev–Trinajstić information content (AvgIpc) is 2.16. The van der Waals surface area contributed by atoms with Crippen molar-refractivity contribution in [2.45, 2.75) is 6.92 Å². The number of phenolic OH excluding ortho intramolecular Hbond substituents is 1. The Balaban J connectivity index is 2.90. The molecule has 0 spiro atoms. The van der Waals surface area contributed by atoms with Gasteiger partial charge in [-0.3, -0.25) is 4.79 Å². The Kier molecular flexibility index (Phi) is 3.48. The highest BCUT2D eigenvalue weighted by Crippen LogP contribution is 2.26. The van der Waals surface area contributed by atoms with Crippen molar-refractivity contribution in [1.29, 1.82) is 0 Å². The highest BCUT2D eigenvalue weighted by Gasteiger charge is 2.06. The number of aromatic hydroxyl groups is 1. The molecule has 0 radical (unpaired) electrons. The van der Waals surface area contributed by atoms with Gasteiger partial charge in [0, 0.05) is 5.56 Å². The third-order valence-electron chi connectivity index (χ3n) is 1.72. The largest absolute Gasteiger partial charge is 0.504 e. The number of benzene rings is 1.